The van der Waals surface area contributed by atoms with E-state index in [9.17, 15) is 8.42 Å². The highest BCUT2D eigenvalue weighted by atomic mass is 35.5. The lowest BCUT2D eigenvalue weighted by molar-refractivity contribution is 0.425. The molecule has 0 bridgehead atoms. The summed E-state index contributed by atoms with van der Waals surface area (Å²) in [4.78, 5) is 0.374. The molecule has 1 aliphatic heterocycles. The van der Waals surface area contributed by atoms with Crippen LogP contribution in [0.5, 0.6) is 0 Å². The third-order valence-corrected chi connectivity index (χ3v) is 4.69. The Hall–Kier alpha value is -0.580. The Labute approximate surface area is 107 Å². The predicted octanol–water partition coefficient (Wildman–Crippen LogP) is 2.34. The minimum absolute atomic E-state index is 0.288. The smallest absolute Gasteiger partial charge is 0.175 e. The molecule has 1 heterocycles. The van der Waals surface area contributed by atoms with Crippen molar-refractivity contribution >= 4 is 21.4 Å². The summed E-state index contributed by atoms with van der Waals surface area (Å²) < 4.78 is 23.6. The summed E-state index contributed by atoms with van der Waals surface area (Å²) in [6, 6.07) is 4.98. The summed E-state index contributed by atoms with van der Waals surface area (Å²) in [5, 5.41) is 3.94. The second-order valence-electron chi connectivity index (χ2n) is 4.78. The van der Waals surface area contributed by atoms with Crippen molar-refractivity contribution in [3.63, 3.8) is 0 Å². The molecule has 0 aliphatic carbocycles. The van der Waals surface area contributed by atoms with Crippen molar-refractivity contribution < 1.29 is 8.42 Å². The van der Waals surface area contributed by atoms with Gasteiger partial charge in [0.1, 0.15) is 0 Å². The maximum atomic E-state index is 11.8. The van der Waals surface area contributed by atoms with Crippen LogP contribution in [-0.4, -0.2) is 21.2 Å². The van der Waals surface area contributed by atoms with Crippen molar-refractivity contribution in [1.82, 2.24) is 5.32 Å². The Kier molecular flexibility index (Phi) is 3.23. The molecular weight excluding hydrogens is 258 g/mol. The summed E-state index contributed by atoms with van der Waals surface area (Å²) in [6.07, 6.45) is 3.21. The van der Waals surface area contributed by atoms with E-state index in [-0.39, 0.29) is 5.54 Å². The van der Waals surface area contributed by atoms with Crippen LogP contribution in [0.25, 0.3) is 0 Å². The van der Waals surface area contributed by atoms with E-state index in [0.717, 1.165) is 24.9 Å². The summed E-state index contributed by atoms with van der Waals surface area (Å²) in [5.41, 5.74) is 0.494. The SMILES string of the molecule is CC1(c2cc(Cl)ccc2S(C)(=O)=O)CCCN1. The van der Waals surface area contributed by atoms with Gasteiger partial charge in [0.05, 0.1) is 4.90 Å². The number of halogens is 1. The number of benzene rings is 1. The number of hydrogen-bond donors (Lipinski definition) is 1. The quantitative estimate of drug-likeness (QED) is 0.900. The lowest BCUT2D eigenvalue weighted by Crippen LogP contribution is -2.34. The first-order valence-electron chi connectivity index (χ1n) is 5.58. The molecule has 1 saturated heterocycles. The fourth-order valence-electron chi connectivity index (χ4n) is 2.38. The van der Waals surface area contributed by atoms with Crippen LogP contribution in [-0.2, 0) is 15.4 Å². The third-order valence-electron chi connectivity index (χ3n) is 3.30. The molecule has 2 rings (SSSR count). The van der Waals surface area contributed by atoms with Gasteiger partial charge in [-0.25, -0.2) is 8.42 Å². The molecule has 1 N–H and O–H groups in total. The number of hydrogen-bond acceptors (Lipinski definition) is 3. The molecule has 17 heavy (non-hydrogen) atoms. The molecule has 1 unspecified atom stereocenters. The second kappa shape index (κ2) is 4.26. The molecule has 94 valence electrons. The molecule has 1 aliphatic rings. The summed E-state index contributed by atoms with van der Waals surface area (Å²) in [5.74, 6) is 0. The van der Waals surface area contributed by atoms with Crippen molar-refractivity contribution in [3.8, 4) is 0 Å². The Morgan fingerprint density at radius 2 is 2.12 bits per heavy atom. The predicted molar refractivity (Wildman–Crippen MR) is 69.2 cm³/mol. The first-order chi connectivity index (χ1) is 7.83. The first-order valence-corrected chi connectivity index (χ1v) is 7.85. The van der Waals surface area contributed by atoms with E-state index in [4.69, 9.17) is 11.6 Å². The van der Waals surface area contributed by atoms with Gasteiger partial charge in [-0.1, -0.05) is 11.6 Å². The van der Waals surface area contributed by atoms with Gasteiger partial charge in [0.15, 0.2) is 9.84 Å². The van der Waals surface area contributed by atoms with Crippen LogP contribution in [0.2, 0.25) is 5.02 Å². The Morgan fingerprint density at radius 1 is 1.41 bits per heavy atom. The topological polar surface area (TPSA) is 46.2 Å². The van der Waals surface area contributed by atoms with Gasteiger partial charge < -0.3 is 5.32 Å². The Morgan fingerprint density at radius 3 is 2.65 bits per heavy atom. The molecule has 0 aromatic heterocycles. The van der Waals surface area contributed by atoms with Crippen LogP contribution < -0.4 is 5.32 Å². The van der Waals surface area contributed by atoms with Gasteiger partial charge in [-0.2, -0.15) is 0 Å². The molecule has 3 nitrogen and oxygen atoms in total. The average molecular weight is 274 g/mol. The van der Waals surface area contributed by atoms with Gasteiger partial charge in [0.25, 0.3) is 0 Å². The standard InChI is InChI=1S/C12H16ClNO2S/c1-12(6-3-7-14-12)10-8-9(13)4-5-11(10)17(2,15)16/h4-5,8,14H,3,6-7H2,1-2H3. The molecular formula is C12H16ClNO2S. The van der Waals surface area contributed by atoms with Gasteiger partial charge in [0, 0.05) is 16.8 Å². The van der Waals surface area contributed by atoms with Crippen molar-refractivity contribution in [2.75, 3.05) is 12.8 Å². The van der Waals surface area contributed by atoms with Crippen LogP contribution in [0.1, 0.15) is 25.3 Å². The minimum Gasteiger partial charge on any atom is -0.308 e. The molecule has 5 heteroatoms. The summed E-state index contributed by atoms with van der Waals surface area (Å²) in [7, 11) is -3.22. The van der Waals surface area contributed by atoms with E-state index < -0.39 is 9.84 Å². The Balaban J connectivity index is 2.63. The van der Waals surface area contributed by atoms with Gasteiger partial charge in [-0.05, 0) is 50.1 Å². The fraction of sp³-hybridized carbons (Fsp3) is 0.500. The van der Waals surface area contributed by atoms with Crippen molar-refractivity contribution in [3.05, 3.63) is 28.8 Å². The van der Waals surface area contributed by atoms with E-state index >= 15 is 0 Å². The molecule has 1 aromatic carbocycles. The Bertz CT molecular complexity index is 533. The number of sulfone groups is 1. The highest BCUT2D eigenvalue weighted by Gasteiger charge is 2.34. The largest absolute Gasteiger partial charge is 0.308 e. The zero-order chi connectivity index (χ0) is 12.7. The lowest BCUT2D eigenvalue weighted by atomic mass is 9.90. The van der Waals surface area contributed by atoms with E-state index in [1.165, 1.54) is 6.26 Å². The highest BCUT2D eigenvalue weighted by molar-refractivity contribution is 7.90. The average Bonchev–Trinajstić information content (AvgIpc) is 2.64. The molecule has 0 saturated carbocycles. The number of nitrogens with one attached hydrogen (secondary N) is 1. The number of rotatable bonds is 2. The highest BCUT2D eigenvalue weighted by Crippen LogP contribution is 2.35. The summed E-state index contributed by atoms with van der Waals surface area (Å²) >= 11 is 5.98. The van der Waals surface area contributed by atoms with E-state index in [1.807, 2.05) is 6.92 Å². The van der Waals surface area contributed by atoms with Gasteiger partial charge in [-0.3, -0.25) is 0 Å². The molecule has 0 amide bonds. The van der Waals surface area contributed by atoms with E-state index in [0.29, 0.717) is 9.92 Å². The van der Waals surface area contributed by atoms with Crippen LogP contribution in [0.4, 0.5) is 0 Å². The van der Waals surface area contributed by atoms with Crippen LogP contribution in [0.3, 0.4) is 0 Å². The maximum absolute atomic E-state index is 11.8. The van der Waals surface area contributed by atoms with Crippen LogP contribution in [0, 0.1) is 0 Å². The zero-order valence-corrected chi connectivity index (χ0v) is 11.5. The van der Waals surface area contributed by atoms with E-state index in [1.54, 1.807) is 18.2 Å². The summed E-state index contributed by atoms with van der Waals surface area (Å²) in [6.45, 7) is 2.94. The normalized spacial score (nSPS) is 25.1. The third kappa shape index (κ3) is 2.49. The molecule has 1 atom stereocenters. The van der Waals surface area contributed by atoms with Crippen molar-refractivity contribution in [2.45, 2.75) is 30.2 Å². The van der Waals surface area contributed by atoms with Crippen molar-refractivity contribution in [2.24, 2.45) is 0 Å². The monoisotopic (exact) mass is 273 g/mol. The van der Waals surface area contributed by atoms with Crippen molar-refractivity contribution in [1.29, 1.82) is 0 Å². The van der Waals surface area contributed by atoms with E-state index in [2.05, 4.69) is 5.32 Å². The fourth-order valence-corrected chi connectivity index (χ4v) is 3.55. The maximum Gasteiger partial charge on any atom is 0.175 e. The molecule has 0 radical (unpaired) electrons. The van der Waals surface area contributed by atoms with Crippen LogP contribution >= 0.6 is 11.6 Å². The lowest BCUT2D eigenvalue weighted by Gasteiger charge is -2.27. The second-order valence-corrected chi connectivity index (χ2v) is 7.20. The zero-order valence-electron chi connectivity index (χ0n) is 9.96. The van der Waals surface area contributed by atoms with Gasteiger partial charge in [0.2, 0.25) is 0 Å². The molecule has 0 spiro atoms. The van der Waals surface area contributed by atoms with Gasteiger partial charge in [-0.15, -0.1) is 0 Å². The molecule has 1 aromatic rings. The first kappa shape index (κ1) is 12.9. The van der Waals surface area contributed by atoms with Gasteiger partial charge >= 0.3 is 0 Å². The van der Waals surface area contributed by atoms with Crippen LogP contribution in [0.15, 0.2) is 23.1 Å². The minimum atomic E-state index is -3.22. The molecule has 1 fully saturated rings.